The Morgan fingerprint density at radius 1 is 1.03 bits per heavy atom. The second-order valence-corrected chi connectivity index (χ2v) is 7.33. The van der Waals surface area contributed by atoms with Crippen molar-refractivity contribution >= 4 is 41.1 Å². The first-order valence-electron chi connectivity index (χ1n) is 9.59. The number of anilines is 2. The van der Waals surface area contributed by atoms with Gasteiger partial charge in [0.1, 0.15) is 11.6 Å². The molecule has 32 heavy (non-hydrogen) atoms. The van der Waals surface area contributed by atoms with Crippen LogP contribution in [-0.4, -0.2) is 49.2 Å². The number of nitrogens with one attached hydrogen (secondary N) is 2. The van der Waals surface area contributed by atoms with Crippen molar-refractivity contribution in [3.8, 4) is 5.75 Å². The molecule has 8 nitrogen and oxygen atoms in total. The number of ether oxygens (including phenoxy) is 1. The second kappa shape index (κ2) is 10.4. The lowest BCUT2D eigenvalue weighted by Crippen LogP contribution is -2.19. The molecular weight excluding hydrogens is 430 g/mol. The molecule has 3 rings (SSSR count). The minimum atomic E-state index is -0.454. The largest absolute Gasteiger partial charge is 0.497 e. The summed E-state index contributed by atoms with van der Waals surface area (Å²) in [6.45, 7) is 0. The number of rotatable bonds is 7. The van der Waals surface area contributed by atoms with E-state index >= 15 is 0 Å². The van der Waals surface area contributed by atoms with Gasteiger partial charge < -0.3 is 20.4 Å². The van der Waals surface area contributed by atoms with Crippen molar-refractivity contribution in [2.24, 2.45) is 5.10 Å². The van der Waals surface area contributed by atoms with Crippen LogP contribution >= 0.6 is 11.6 Å². The zero-order valence-electron chi connectivity index (χ0n) is 17.8. The van der Waals surface area contributed by atoms with E-state index in [4.69, 9.17) is 16.3 Å². The fourth-order valence-electron chi connectivity index (χ4n) is 2.68. The van der Waals surface area contributed by atoms with Crippen molar-refractivity contribution in [2.45, 2.75) is 0 Å². The van der Waals surface area contributed by atoms with Gasteiger partial charge in [0, 0.05) is 25.9 Å². The number of benzene rings is 2. The number of carbonyl (C=O) groups is 2. The highest BCUT2D eigenvalue weighted by Crippen LogP contribution is 2.24. The Morgan fingerprint density at radius 3 is 2.41 bits per heavy atom. The third kappa shape index (κ3) is 6.05. The molecule has 9 heteroatoms. The van der Waals surface area contributed by atoms with E-state index in [1.807, 2.05) is 14.1 Å². The zero-order chi connectivity index (χ0) is 23.1. The lowest BCUT2D eigenvalue weighted by Gasteiger charge is -2.13. The molecule has 2 N–H and O–H groups in total. The van der Waals surface area contributed by atoms with Gasteiger partial charge in [-0.05, 0) is 48.0 Å². The third-order valence-electron chi connectivity index (χ3n) is 4.30. The molecule has 0 aliphatic heterocycles. The van der Waals surface area contributed by atoms with Gasteiger partial charge in [0.2, 0.25) is 0 Å². The summed E-state index contributed by atoms with van der Waals surface area (Å²) in [5.74, 6) is -0.00887. The van der Waals surface area contributed by atoms with Crippen molar-refractivity contribution in [2.75, 3.05) is 31.8 Å². The molecule has 0 saturated heterocycles. The maximum atomic E-state index is 12.9. The standard InChI is InChI=1S/C23H22ClN5O3/c1-29(2)26-13-15-4-6-16(7-5-15)22(30)27-20-10-9-18(32-3)12-19(20)23(31)28-21-11-8-17(24)14-25-21/h4-14H,1-3H3,(H,27,30)(H,25,28,31). The Kier molecular flexibility index (Phi) is 7.41. The van der Waals surface area contributed by atoms with Crippen molar-refractivity contribution in [3.05, 3.63) is 82.5 Å². The van der Waals surface area contributed by atoms with Crippen LogP contribution in [0.4, 0.5) is 11.5 Å². The summed E-state index contributed by atoms with van der Waals surface area (Å²) in [6.07, 6.45) is 3.12. The monoisotopic (exact) mass is 451 g/mol. The Labute approximate surface area is 190 Å². The van der Waals surface area contributed by atoms with Gasteiger partial charge in [0.05, 0.1) is 29.6 Å². The van der Waals surface area contributed by atoms with Crippen molar-refractivity contribution in [3.63, 3.8) is 0 Å². The quantitative estimate of drug-likeness (QED) is 0.415. The fourth-order valence-corrected chi connectivity index (χ4v) is 2.79. The van der Waals surface area contributed by atoms with E-state index in [-0.39, 0.29) is 11.5 Å². The van der Waals surface area contributed by atoms with Gasteiger partial charge in [-0.25, -0.2) is 4.98 Å². The predicted molar refractivity (Wildman–Crippen MR) is 126 cm³/mol. The number of halogens is 1. The van der Waals surface area contributed by atoms with Crippen LogP contribution in [0.5, 0.6) is 5.75 Å². The predicted octanol–water partition coefficient (Wildman–Crippen LogP) is 4.14. The molecule has 0 unspecified atom stereocenters. The molecule has 3 aromatic rings. The molecule has 0 aliphatic rings. The van der Waals surface area contributed by atoms with E-state index < -0.39 is 5.91 Å². The minimum Gasteiger partial charge on any atom is -0.497 e. The molecule has 1 heterocycles. The first kappa shape index (κ1) is 22.8. The van der Waals surface area contributed by atoms with Crippen molar-refractivity contribution in [1.29, 1.82) is 0 Å². The minimum absolute atomic E-state index is 0.226. The average molecular weight is 452 g/mol. The smallest absolute Gasteiger partial charge is 0.259 e. The first-order chi connectivity index (χ1) is 15.4. The van der Waals surface area contributed by atoms with Crippen LogP contribution in [0.3, 0.4) is 0 Å². The van der Waals surface area contributed by atoms with Crippen LogP contribution in [0.2, 0.25) is 5.02 Å². The Bertz CT molecular complexity index is 1130. The normalized spacial score (nSPS) is 10.6. The molecule has 0 bridgehead atoms. The molecule has 2 amide bonds. The molecule has 1 aromatic heterocycles. The molecule has 0 saturated carbocycles. The number of carbonyl (C=O) groups excluding carboxylic acids is 2. The second-order valence-electron chi connectivity index (χ2n) is 6.90. The van der Waals surface area contributed by atoms with Crippen LogP contribution in [0, 0.1) is 0 Å². The summed E-state index contributed by atoms with van der Waals surface area (Å²) in [5, 5.41) is 11.8. The third-order valence-corrected chi connectivity index (χ3v) is 4.52. The van der Waals surface area contributed by atoms with Crippen LogP contribution in [0.25, 0.3) is 0 Å². The van der Waals surface area contributed by atoms with Crippen LogP contribution in [-0.2, 0) is 0 Å². The van der Waals surface area contributed by atoms with Crippen molar-refractivity contribution < 1.29 is 14.3 Å². The van der Waals surface area contributed by atoms with E-state index in [1.54, 1.807) is 65.8 Å². The van der Waals surface area contributed by atoms with E-state index in [0.29, 0.717) is 27.8 Å². The van der Waals surface area contributed by atoms with Gasteiger partial charge >= 0.3 is 0 Å². The molecule has 0 radical (unpaired) electrons. The van der Waals surface area contributed by atoms with Gasteiger partial charge in [-0.15, -0.1) is 0 Å². The number of hydrogen-bond donors (Lipinski definition) is 2. The lowest BCUT2D eigenvalue weighted by molar-refractivity contribution is 0.102. The van der Waals surface area contributed by atoms with Crippen LogP contribution in [0.15, 0.2) is 65.9 Å². The van der Waals surface area contributed by atoms with E-state index in [9.17, 15) is 9.59 Å². The van der Waals surface area contributed by atoms with E-state index in [0.717, 1.165) is 5.56 Å². The molecule has 0 fully saturated rings. The lowest BCUT2D eigenvalue weighted by atomic mass is 10.1. The van der Waals surface area contributed by atoms with Crippen molar-refractivity contribution in [1.82, 2.24) is 9.99 Å². The SMILES string of the molecule is COc1ccc(NC(=O)c2ccc(C=NN(C)C)cc2)c(C(=O)Nc2ccc(Cl)cn2)c1. The molecule has 0 spiro atoms. The summed E-state index contributed by atoms with van der Waals surface area (Å²) >= 11 is 5.84. The van der Waals surface area contributed by atoms with Gasteiger partial charge in [-0.3, -0.25) is 9.59 Å². The Morgan fingerprint density at radius 2 is 1.78 bits per heavy atom. The van der Waals surface area contributed by atoms with Crippen LogP contribution < -0.4 is 15.4 Å². The molecule has 0 atom stereocenters. The van der Waals surface area contributed by atoms with Gasteiger partial charge in [-0.1, -0.05) is 23.7 Å². The molecule has 164 valence electrons. The number of pyridine rings is 1. The molecule has 2 aromatic carbocycles. The fraction of sp³-hybridized carbons (Fsp3) is 0.130. The summed E-state index contributed by atoms with van der Waals surface area (Å²) in [5.41, 5.74) is 1.86. The Hall–Kier alpha value is -3.91. The number of hydrogen-bond acceptors (Lipinski definition) is 6. The summed E-state index contributed by atoms with van der Waals surface area (Å²) in [4.78, 5) is 29.7. The summed E-state index contributed by atoms with van der Waals surface area (Å²) < 4.78 is 5.23. The highest BCUT2D eigenvalue weighted by Gasteiger charge is 2.16. The topological polar surface area (TPSA) is 95.9 Å². The van der Waals surface area contributed by atoms with E-state index in [1.165, 1.54) is 13.3 Å². The highest BCUT2D eigenvalue weighted by molar-refractivity contribution is 6.30. The van der Waals surface area contributed by atoms with Crippen LogP contribution in [0.1, 0.15) is 26.3 Å². The van der Waals surface area contributed by atoms with E-state index in [2.05, 4.69) is 20.7 Å². The maximum Gasteiger partial charge on any atom is 0.259 e. The number of nitrogens with zero attached hydrogens (tertiary/aromatic N) is 3. The Balaban J connectivity index is 1.80. The summed E-state index contributed by atoms with van der Waals surface area (Å²) in [6, 6.07) is 15.0. The van der Waals surface area contributed by atoms with Gasteiger partial charge in [0.15, 0.2) is 0 Å². The van der Waals surface area contributed by atoms with Gasteiger partial charge in [-0.2, -0.15) is 5.10 Å². The number of hydrazone groups is 1. The summed E-state index contributed by atoms with van der Waals surface area (Å²) in [7, 11) is 5.14. The number of methoxy groups -OCH3 is 1. The zero-order valence-corrected chi connectivity index (χ0v) is 18.6. The number of aromatic nitrogens is 1. The number of amides is 2. The van der Waals surface area contributed by atoms with Gasteiger partial charge in [0.25, 0.3) is 11.8 Å². The highest BCUT2D eigenvalue weighted by atomic mass is 35.5. The maximum absolute atomic E-state index is 12.9. The average Bonchev–Trinajstić information content (AvgIpc) is 2.79. The molecular formula is C23H22ClN5O3. The first-order valence-corrected chi connectivity index (χ1v) is 9.97. The molecule has 0 aliphatic carbocycles.